The first kappa shape index (κ1) is 17.3. The molecule has 0 saturated heterocycles. The number of fused-ring (bicyclic) bond motifs is 1. The molecule has 0 unspecified atom stereocenters. The van der Waals surface area contributed by atoms with E-state index in [0.717, 1.165) is 5.56 Å². The number of rotatable bonds is 5. The normalized spacial score (nSPS) is 10.9. The third-order valence-corrected chi connectivity index (χ3v) is 4.08. The number of amides is 1. The lowest BCUT2D eigenvalue weighted by molar-refractivity contribution is -0.116. The molecule has 4 aromatic rings. The summed E-state index contributed by atoms with van der Waals surface area (Å²) in [6.45, 7) is 0.160. The van der Waals surface area contributed by atoms with Gasteiger partial charge in [0.05, 0.1) is 5.69 Å². The Hall–Kier alpha value is -4.08. The fourth-order valence-electron chi connectivity index (χ4n) is 2.70. The maximum atomic E-state index is 12.2. The molecule has 0 aliphatic heterocycles. The number of carbonyl (C=O) groups excluding carboxylic acids is 1. The molecule has 0 saturated carbocycles. The van der Waals surface area contributed by atoms with Gasteiger partial charge in [-0.05, 0) is 24.3 Å². The average Bonchev–Trinajstić information content (AvgIpc) is 3.15. The van der Waals surface area contributed by atoms with E-state index in [0.29, 0.717) is 17.0 Å². The van der Waals surface area contributed by atoms with Gasteiger partial charge in [0, 0.05) is 36.5 Å². The van der Waals surface area contributed by atoms with Gasteiger partial charge in [0.15, 0.2) is 5.65 Å². The van der Waals surface area contributed by atoms with Gasteiger partial charge in [-0.2, -0.15) is 9.61 Å². The van der Waals surface area contributed by atoms with Crippen LogP contribution in [0.5, 0.6) is 0 Å². The van der Waals surface area contributed by atoms with E-state index in [2.05, 4.69) is 25.6 Å². The maximum Gasteiger partial charge on any atom is 0.328 e. The topological polar surface area (TPSA) is 127 Å². The Balaban J connectivity index is 1.46. The Labute approximate surface area is 157 Å². The summed E-state index contributed by atoms with van der Waals surface area (Å²) in [5, 5.41) is 14.9. The average molecular weight is 377 g/mol. The summed E-state index contributed by atoms with van der Waals surface area (Å²) in [6, 6.07) is 12.1. The number of carbonyl (C=O) groups is 1. The summed E-state index contributed by atoms with van der Waals surface area (Å²) in [4.78, 5) is 37.1. The van der Waals surface area contributed by atoms with Crippen LogP contribution in [0.2, 0.25) is 0 Å². The molecule has 3 aromatic heterocycles. The zero-order valence-corrected chi connectivity index (χ0v) is 14.6. The first-order chi connectivity index (χ1) is 13.6. The van der Waals surface area contributed by atoms with E-state index in [4.69, 9.17) is 0 Å². The van der Waals surface area contributed by atoms with Crippen molar-refractivity contribution in [2.24, 2.45) is 0 Å². The van der Waals surface area contributed by atoms with E-state index in [1.165, 1.54) is 23.2 Å². The van der Waals surface area contributed by atoms with Gasteiger partial charge in [0.2, 0.25) is 5.91 Å². The van der Waals surface area contributed by atoms with Crippen molar-refractivity contribution < 1.29 is 4.79 Å². The minimum Gasteiger partial charge on any atom is -0.326 e. The predicted molar refractivity (Wildman–Crippen MR) is 101 cm³/mol. The molecular formula is C18H15N7O3. The molecule has 140 valence electrons. The van der Waals surface area contributed by atoms with Gasteiger partial charge in [-0.25, -0.2) is 4.79 Å². The van der Waals surface area contributed by atoms with E-state index in [1.54, 1.807) is 10.6 Å². The molecule has 3 heterocycles. The van der Waals surface area contributed by atoms with Crippen LogP contribution in [0.1, 0.15) is 6.42 Å². The first-order valence-corrected chi connectivity index (χ1v) is 8.46. The van der Waals surface area contributed by atoms with Crippen LogP contribution in [0, 0.1) is 0 Å². The van der Waals surface area contributed by atoms with Gasteiger partial charge in [-0.15, -0.1) is 10.2 Å². The lowest BCUT2D eigenvalue weighted by Gasteiger charge is -2.08. The number of H-pyrrole nitrogens is 1. The number of nitrogens with zero attached hydrogens (tertiary/aromatic N) is 5. The zero-order chi connectivity index (χ0) is 19.5. The van der Waals surface area contributed by atoms with Crippen LogP contribution in [-0.4, -0.2) is 35.3 Å². The number of benzene rings is 1. The Morgan fingerprint density at radius 3 is 2.89 bits per heavy atom. The van der Waals surface area contributed by atoms with Crippen LogP contribution in [0.15, 0.2) is 64.6 Å². The van der Waals surface area contributed by atoms with Crippen LogP contribution in [-0.2, 0) is 11.3 Å². The molecular weight excluding hydrogens is 362 g/mol. The molecule has 28 heavy (non-hydrogen) atoms. The van der Waals surface area contributed by atoms with E-state index < -0.39 is 11.2 Å². The smallest absolute Gasteiger partial charge is 0.326 e. The number of aryl methyl sites for hydroxylation is 1. The van der Waals surface area contributed by atoms with Gasteiger partial charge in [-0.3, -0.25) is 14.6 Å². The second-order valence-electron chi connectivity index (χ2n) is 6.03. The molecule has 0 fully saturated rings. The van der Waals surface area contributed by atoms with Gasteiger partial charge >= 0.3 is 5.69 Å². The van der Waals surface area contributed by atoms with Crippen LogP contribution >= 0.6 is 0 Å². The van der Waals surface area contributed by atoms with E-state index >= 15 is 0 Å². The summed E-state index contributed by atoms with van der Waals surface area (Å²) < 4.78 is 2.85. The first-order valence-electron chi connectivity index (χ1n) is 8.46. The number of anilines is 1. The molecule has 0 bridgehead atoms. The third kappa shape index (κ3) is 3.70. The van der Waals surface area contributed by atoms with Crippen molar-refractivity contribution in [2.45, 2.75) is 13.0 Å². The Kier molecular flexibility index (Phi) is 4.50. The number of nitrogens with one attached hydrogen (secondary N) is 2. The quantitative estimate of drug-likeness (QED) is 0.526. The molecule has 10 nitrogen and oxygen atoms in total. The number of aromatic nitrogens is 6. The second-order valence-corrected chi connectivity index (χ2v) is 6.03. The van der Waals surface area contributed by atoms with E-state index in [-0.39, 0.29) is 18.9 Å². The molecule has 1 amide bonds. The van der Waals surface area contributed by atoms with Crippen molar-refractivity contribution >= 4 is 17.2 Å². The highest BCUT2D eigenvalue weighted by molar-refractivity contribution is 5.91. The Morgan fingerprint density at radius 2 is 2.04 bits per heavy atom. The summed E-state index contributed by atoms with van der Waals surface area (Å²) in [5.41, 5.74) is 1.78. The molecule has 2 N–H and O–H groups in total. The number of hydrogen-bond acceptors (Lipinski definition) is 6. The zero-order valence-electron chi connectivity index (χ0n) is 14.6. The second kappa shape index (κ2) is 7.27. The number of hydrogen-bond donors (Lipinski definition) is 2. The standard InChI is InChI=1S/C18H15N7O3/c26-16(6-8-24-9-7-17(27)21-18(24)28)20-13-3-1-2-12(10-13)14-4-5-15-22-19-11-25(15)23-14/h1-5,7,9-11H,6,8H2,(H,20,26)(H,21,27,28). The predicted octanol–water partition coefficient (Wildman–Crippen LogP) is 0.670. The highest BCUT2D eigenvalue weighted by Crippen LogP contribution is 2.21. The maximum absolute atomic E-state index is 12.2. The molecule has 1 aromatic carbocycles. The third-order valence-electron chi connectivity index (χ3n) is 4.08. The molecule has 4 rings (SSSR count). The van der Waals surface area contributed by atoms with Crippen molar-refractivity contribution in [1.82, 2.24) is 29.4 Å². The Morgan fingerprint density at radius 1 is 1.14 bits per heavy atom. The van der Waals surface area contributed by atoms with Crippen LogP contribution in [0.25, 0.3) is 16.9 Å². The summed E-state index contributed by atoms with van der Waals surface area (Å²) in [7, 11) is 0. The molecule has 0 radical (unpaired) electrons. The van der Waals surface area contributed by atoms with Crippen LogP contribution in [0.4, 0.5) is 5.69 Å². The molecule has 10 heteroatoms. The van der Waals surface area contributed by atoms with Crippen LogP contribution in [0.3, 0.4) is 0 Å². The lowest BCUT2D eigenvalue weighted by atomic mass is 10.1. The minimum absolute atomic E-state index is 0.0844. The monoisotopic (exact) mass is 377 g/mol. The lowest BCUT2D eigenvalue weighted by Crippen LogP contribution is -2.29. The molecule has 0 spiro atoms. The largest absolute Gasteiger partial charge is 0.328 e. The van der Waals surface area contributed by atoms with Gasteiger partial charge in [0.25, 0.3) is 5.56 Å². The van der Waals surface area contributed by atoms with Crippen LogP contribution < -0.4 is 16.6 Å². The van der Waals surface area contributed by atoms with E-state index in [9.17, 15) is 14.4 Å². The van der Waals surface area contributed by atoms with Gasteiger partial charge < -0.3 is 9.88 Å². The summed E-state index contributed by atoms with van der Waals surface area (Å²) >= 11 is 0. The highest BCUT2D eigenvalue weighted by Gasteiger charge is 2.07. The molecule has 0 aliphatic carbocycles. The van der Waals surface area contributed by atoms with Crippen molar-refractivity contribution in [2.75, 3.05) is 5.32 Å². The Bertz CT molecular complexity index is 1270. The van der Waals surface area contributed by atoms with Gasteiger partial charge in [-0.1, -0.05) is 12.1 Å². The summed E-state index contributed by atoms with van der Waals surface area (Å²) in [5.74, 6) is -0.252. The van der Waals surface area contributed by atoms with E-state index in [1.807, 2.05) is 30.3 Å². The fraction of sp³-hybridized carbons (Fsp3) is 0.111. The van der Waals surface area contributed by atoms with Crippen molar-refractivity contribution in [1.29, 1.82) is 0 Å². The highest BCUT2D eigenvalue weighted by atomic mass is 16.2. The molecule has 0 atom stereocenters. The summed E-state index contributed by atoms with van der Waals surface area (Å²) in [6.07, 6.45) is 2.96. The van der Waals surface area contributed by atoms with Crippen molar-refractivity contribution in [3.63, 3.8) is 0 Å². The number of aromatic amines is 1. The van der Waals surface area contributed by atoms with Crippen molar-refractivity contribution in [3.8, 4) is 11.3 Å². The SMILES string of the molecule is O=C(CCn1ccc(=O)[nH]c1=O)Nc1cccc(-c2ccc3nncn3n2)c1. The minimum atomic E-state index is -0.544. The van der Waals surface area contributed by atoms with Crippen molar-refractivity contribution in [3.05, 3.63) is 75.8 Å². The molecule has 0 aliphatic rings. The fourth-order valence-corrected chi connectivity index (χ4v) is 2.70. The van der Waals surface area contributed by atoms with Gasteiger partial charge in [0.1, 0.15) is 6.33 Å².